The zero-order valence-corrected chi connectivity index (χ0v) is 36.7. The predicted molar refractivity (Wildman–Crippen MR) is 281 cm³/mol. The molecular weight excluding hydrogens is 825 g/mol. The molecule has 316 valence electrons. The van der Waals surface area contributed by atoms with Crippen LogP contribution in [0.2, 0.25) is 0 Å². The van der Waals surface area contributed by atoms with E-state index in [2.05, 4.69) is 170 Å². The molecule has 0 unspecified atom stereocenters. The first kappa shape index (κ1) is 35.4. The van der Waals surface area contributed by atoms with Gasteiger partial charge in [0.15, 0.2) is 5.82 Å². The standard InChI is InChI=1S/C65H40N2O/c1-39-42(40-32-34-53-48-20-5-4-18-46(48)44-16-2-3-17-45(44)47-19-6-8-23-51(47)59(53)36-40)27-14-28-43(39)41-33-35-54-60(37-41)52-24-9-7-21-49(52)50-22-10-11-26-56(50)63-61(54)38-66-65(67-63)58-30-15-29-57-55-25-12-13-31-62(55)68-64(57)58/h2-38H,1H3/i1D3. The van der Waals surface area contributed by atoms with Gasteiger partial charge in [0.2, 0.25) is 0 Å². The van der Waals surface area contributed by atoms with Crippen LogP contribution >= 0.6 is 0 Å². The number of hydrogen-bond acceptors (Lipinski definition) is 3. The van der Waals surface area contributed by atoms with E-state index in [0.29, 0.717) is 22.5 Å². The molecule has 0 N–H and O–H groups in total. The Morgan fingerprint density at radius 3 is 1.28 bits per heavy atom. The van der Waals surface area contributed by atoms with Gasteiger partial charge < -0.3 is 4.42 Å². The van der Waals surface area contributed by atoms with Crippen LogP contribution in [0.1, 0.15) is 9.68 Å². The summed E-state index contributed by atoms with van der Waals surface area (Å²) in [5.41, 5.74) is 22.4. The predicted octanol–water partition coefficient (Wildman–Crippen LogP) is 17.6. The molecule has 0 saturated carbocycles. The molecule has 0 radical (unpaired) electrons. The lowest BCUT2D eigenvalue weighted by Crippen LogP contribution is -2.02. The third-order valence-electron chi connectivity index (χ3n) is 14.1. The molecule has 2 heterocycles. The van der Waals surface area contributed by atoms with Crippen LogP contribution in [-0.2, 0) is 0 Å². The first-order valence-electron chi connectivity index (χ1n) is 24.6. The number of para-hydroxylation sites is 2. The zero-order valence-electron chi connectivity index (χ0n) is 39.7. The smallest absolute Gasteiger partial charge is 0.163 e. The Kier molecular flexibility index (Phi) is 7.83. The number of rotatable bonds is 3. The molecule has 0 aliphatic heterocycles. The van der Waals surface area contributed by atoms with Crippen molar-refractivity contribution in [3.05, 3.63) is 230 Å². The second-order valence-corrected chi connectivity index (χ2v) is 17.7. The average Bonchev–Trinajstić information content (AvgIpc) is 3.81. The number of furan rings is 1. The summed E-state index contributed by atoms with van der Waals surface area (Å²) in [5.74, 6) is 0.570. The minimum atomic E-state index is -2.46. The summed E-state index contributed by atoms with van der Waals surface area (Å²) in [4.78, 5) is 10.5. The lowest BCUT2D eigenvalue weighted by atomic mass is 9.79. The van der Waals surface area contributed by atoms with Gasteiger partial charge in [-0.3, -0.25) is 0 Å². The molecule has 2 aliphatic carbocycles. The lowest BCUT2D eigenvalue weighted by Gasteiger charge is -2.24. The topological polar surface area (TPSA) is 38.9 Å². The summed E-state index contributed by atoms with van der Waals surface area (Å²) in [5, 5.41) is 2.06. The summed E-state index contributed by atoms with van der Waals surface area (Å²) >= 11 is 0. The molecular formula is C65H40N2O. The van der Waals surface area contributed by atoms with Crippen molar-refractivity contribution in [1.29, 1.82) is 0 Å². The van der Waals surface area contributed by atoms with Gasteiger partial charge in [0.1, 0.15) is 11.2 Å². The van der Waals surface area contributed by atoms with Crippen molar-refractivity contribution in [2.45, 2.75) is 6.85 Å². The highest BCUT2D eigenvalue weighted by Crippen LogP contribution is 2.51. The van der Waals surface area contributed by atoms with Crippen LogP contribution in [0.15, 0.2) is 229 Å². The molecule has 0 saturated heterocycles. The van der Waals surface area contributed by atoms with Crippen molar-refractivity contribution < 1.29 is 8.53 Å². The number of fused-ring (bicyclic) bond motifs is 19. The van der Waals surface area contributed by atoms with Crippen LogP contribution in [0.5, 0.6) is 0 Å². The Hall–Kier alpha value is -8.92. The molecule has 0 atom stereocenters. The summed E-state index contributed by atoms with van der Waals surface area (Å²) in [6.07, 6.45) is 1.94. The van der Waals surface area contributed by atoms with E-state index >= 15 is 0 Å². The molecule has 10 aromatic carbocycles. The molecule has 2 aromatic heterocycles. The fourth-order valence-corrected chi connectivity index (χ4v) is 10.9. The zero-order chi connectivity index (χ0) is 47.4. The van der Waals surface area contributed by atoms with E-state index in [-0.39, 0.29) is 0 Å². The minimum Gasteiger partial charge on any atom is -0.455 e. The van der Waals surface area contributed by atoms with Crippen LogP contribution in [0.25, 0.3) is 145 Å². The van der Waals surface area contributed by atoms with Gasteiger partial charge in [-0.1, -0.05) is 194 Å². The van der Waals surface area contributed by atoms with Crippen molar-refractivity contribution in [2.24, 2.45) is 0 Å². The molecule has 14 rings (SSSR count). The fourth-order valence-electron chi connectivity index (χ4n) is 10.9. The van der Waals surface area contributed by atoms with Crippen LogP contribution in [-0.4, -0.2) is 9.97 Å². The second-order valence-electron chi connectivity index (χ2n) is 17.7. The average molecular weight is 868 g/mol. The van der Waals surface area contributed by atoms with Gasteiger partial charge in [-0.05, 0) is 131 Å². The first-order valence-corrected chi connectivity index (χ1v) is 23.1. The monoisotopic (exact) mass is 867 g/mol. The van der Waals surface area contributed by atoms with Crippen LogP contribution in [0.3, 0.4) is 0 Å². The van der Waals surface area contributed by atoms with Gasteiger partial charge >= 0.3 is 0 Å². The number of nitrogens with zero attached hydrogens (tertiary/aromatic N) is 2. The van der Waals surface area contributed by atoms with Crippen LogP contribution < -0.4 is 0 Å². The molecule has 0 bridgehead atoms. The Morgan fingerprint density at radius 2 is 0.735 bits per heavy atom. The number of aromatic nitrogens is 2. The van der Waals surface area contributed by atoms with Gasteiger partial charge in [-0.2, -0.15) is 0 Å². The highest BCUT2D eigenvalue weighted by molar-refractivity contribution is 6.10. The molecule has 12 aromatic rings. The SMILES string of the molecule is [2H]C([2H])([2H])c1c(-c2ccc3c(c2)-c2ccccc2-c2ccccc2-c2ccccc2-3)cccc1-c1ccc2c(c1)-c1ccccc1-c1ccccc1-c1nc(-c3cccc4c3oc3ccccc34)ncc1-2. The summed E-state index contributed by atoms with van der Waals surface area (Å²) in [6.45, 7) is -2.46. The van der Waals surface area contributed by atoms with Gasteiger partial charge in [-0.15, -0.1) is 0 Å². The molecule has 68 heavy (non-hydrogen) atoms. The molecule has 0 amide bonds. The maximum absolute atomic E-state index is 9.23. The van der Waals surface area contributed by atoms with Gasteiger partial charge in [-0.25, -0.2) is 9.97 Å². The fraction of sp³-hybridized carbons (Fsp3) is 0.0154. The highest BCUT2D eigenvalue weighted by Gasteiger charge is 2.27. The lowest BCUT2D eigenvalue weighted by molar-refractivity contribution is 0.669. The van der Waals surface area contributed by atoms with E-state index in [1.54, 1.807) is 0 Å². The van der Waals surface area contributed by atoms with Gasteiger partial charge in [0, 0.05) is 32.2 Å². The molecule has 3 nitrogen and oxygen atoms in total. The number of benzene rings is 10. The maximum Gasteiger partial charge on any atom is 0.163 e. The van der Waals surface area contributed by atoms with E-state index in [4.69, 9.17) is 14.4 Å². The molecule has 0 spiro atoms. The third-order valence-corrected chi connectivity index (χ3v) is 14.1. The Labute approximate surface area is 398 Å². The summed E-state index contributed by atoms with van der Waals surface area (Å²) < 4.78 is 34.2. The number of hydrogen-bond donors (Lipinski definition) is 0. The highest BCUT2D eigenvalue weighted by atomic mass is 16.3. The van der Waals surface area contributed by atoms with E-state index in [9.17, 15) is 4.11 Å². The van der Waals surface area contributed by atoms with Crippen molar-refractivity contribution >= 4 is 21.9 Å². The summed E-state index contributed by atoms with van der Waals surface area (Å²) in [7, 11) is 0. The maximum atomic E-state index is 9.23. The van der Waals surface area contributed by atoms with Gasteiger partial charge in [0.25, 0.3) is 0 Å². The van der Waals surface area contributed by atoms with E-state index < -0.39 is 6.85 Å². The largest absolute Gasteiger partial charge is 0.455 e. The molecule has 0 fully saturated rings. The van der Waals surface area contributed by atoms with Crippen LogP contribution in [0.4, 0.5) is 0 Å². The van der Waals surface area contributed by atoms with E-state index in [1.807, 2.05) is 54.7 Å². The van der Waals surface area contributed by atoms with E-state index in [0.717, 1.165) is 122 Å². The third kappa shape index (κ3) is 5.79. The van der Waals surface area contributed by atoms with Crippen molar-refractivity contribution in [2.75, 3.05) is 0 Å². The normalized spacial score (nSPS) is 12.7. The first-order chi connectivity index (χ1) is 34.9. The molecule has 3 heteroatoms. The second kappa shape index (κ2) is 15.1. The van der Waals surface area contributed by atoms with Crippen molar-refractivity contribution in [1.82, 2.24) is 9.97 Å². The molecule has 2 aliphatic rings. The van der Waals surface area contributed by atoms with Crippen molar-refractivity contribution in [3.63, 3.8) is 0 Å². The minimum absolute atomic E-state index is 0.308. The quantitative estimate of drug-likeness (QED) is 0.178. The van der Waals surface area contributed by atoms with Crippen molar-refractivity contribution in [3.8, 4) is 123 Å². The Balaban J connectivity index is 0.960. The summed E-state index contributed by atoms with van der Waals surface area (Å²) in [6, 6.07) is 75.5. The van der Waals surface area contributed by atoms with Crippen LogP contribution in [0, 0.1) is 6.85 Å². The van der Waals surface area contributed by atoms with E-state index in [1.165, 1.54) is 5.56 Å². The Morgan fingerprint density at radius 1 is 0.338 bits per heavy atom. The van der Waals surface area contributed by atoms with Gasteiger partial charge in [0.05, 0.1) is 11.3 Å². The Bertz CT molecular complexity index is 4180.